The number of rotatable bonds is 2. The maximum absolute atomic E-state index is 13.9. The van der Waals surface area contributed by atoms with Crippen LogP contribution in [-0.2, 0) is 4.74 Å². The Balaban J connectivity index is 1.92. The molecule has 1 aromatic heterocycles. The van der Waals surface area contributed by atoms with E-state index in [-0.39, 0.29) is 22.5 Å². The molecule has 0 spiro atoms. The third-order valence-corrected chi connectivity index (χ3v) is 5.01. The molecule has 4 rings (SSSR count). The summed E-state index contributed by atoms with van der Waals surface area (Å²) in [5.74, 6) is 0.331. The average molecular weight is 329 g/mol. The van der Waals surface area contributed by atoms with Gasteiger partial charge in [-0.2, -0.15) is 0 Å². The molecule has 2 aromatic rings. The lowest BCUT2D eigenvalue weighted by atomic mass is 9.95. The van der Waals surface area contributed by atoms with Crippen LogP contribution in [0.1, 0.15) is 43.4 Å². The molecule has 0 N–H and O–H groups in total. The Labute approximate surface area is 132 Å². The van der Waals surface area contributed by atoms with E-state index >= 15 is 0 Å². The number of ether oxygens (including phenoxy) is 1. The number of hydrogen-bond donors (Lipinski definition) is 0. The van der Waals surface area contributed by atoms with Gasteiger partial charge in [-0.1, -0.05) is 11.6 Å². The first-order valence-corrected chi connectivity index (χ1v) is 8.02. The minimum atomic E-state index is -0.428. The lowest BCUT2D eigenvalue weighted by molar-refractivity contribution is 0.0939. The van der Waals surface area contributed by atoms with Gasteiger partial charge in [0.15, 0.2) is 0 Å². The summed E-state index contributed by atoms with van der Waals surface area (Å²) in [5, 5.41) is -0.163. The van der Waals surface area contributed by atoms with E-state index in [2.05, 4.69) is 9.55 Å². The second-order valence-corrected chi connectivity index (χ2v) is 6.95. The van der Waals surface area contributed by atoms with Crippen LogP contribution in [0.2, 0.25) is 5.02 Å². The van der Waals surface area contributed by atoms with E-state index in [1.807, 2.05) is 6.92 Å². The molecule has 0 aliphatic carbocycles. The molecule has 2 fully saturated rings. The van der Waals surface area contributed by atoms with Gasteiger partial charge in [-0.3, -0.25) is 0 Å². The summed E-state index contributed by atoms with van der Waals surface area (Å²) in [6.45, 7) is 1.88. The SMILES string of the molecule is CC(Cl)c1nc2cc(Cl)c(F)cc2n1C1CC2CCC1O2. The second kappa shape index (κ2) is 4.83. The topological polar surface area (TPSA) is 27.1 Å². The number of halogens is 3. The highest BCUT2D eigenvalue weighted by atomic mass is 35.5. The molecule has 1 aromatic carbocycles. The van der Waals surface area contributed by atoms with Gasteiger partial charge in [-0.25, -0.2) is 9.37 Å². The second-order valence-electron chi connectivity index (χ2n) is 5.89. The van der Waals surface area contributed by atoms with Crippen LogP contribution in [-0.4, -0.2) is 21.8 Å². The van der Waals surface area contributed by atoms with Gasteiger partial charge in [0.05, 0.1) is 39.7 Å². The Morgan fingerprint density at radius 3 is 2.86 bits per heavy atom. The molecule has 0 amide bonds. The Morgan fingerprint density at radius 1 is 1.43 bits per heavy atom. The molecule has 2 saturated heterocycles. The number of hydrogen-bond acceptors (Lipinski definition) is 2. The summed E-state index contributed by atoms with van der Waals surface area (Å²) >= 11 is 12.2. The number of nitrogens with zero attached hydrogens (tertiary/aromatic N) is 2. The van der Waals surface area contributed by atoms with Crippen LogP contribution in [0.3, 0.4) is 0 Å². The van der Waals surface area contributed by atoms with Crippen molar-refractivity contribution in [3.8, 4) is 0 Å². The Hall–Kier alpha value is -0.840. The van der Waals surface area contributed by atoms with Crippen molar-refractivity contribution in [2.45, 2.75) is 49.8 Å². The molecule has 2 aliphatic heterocycles. The van der Waals surface area contributed by atoms with Crippen molar-refractivity contribution in [2.75, 3.05) is 0 Å². The van der Waals surface area contributed by atoms with Crippen LogP contribution in [0.15, 0.2) is 12.1 Å². The third-order valence-electron chi connectivity index (χ3n) is 4.52. The summed E-state index contributed by atoms with van der Waals surface area (Å²) in [6, 6.07) is 3.21. The molecule has 4 unspecified atom stereocenters. The van der Waals surface area contributed by atoms with Crippen LogP contribution in [0.4, 0.5) is 4.39 Å². The van der Waals surface area contributed by atoms with Gasteiger partial charge in [0.2, 0.25) is 0 Å². The molecule has 112 valence electrons. The number of aromatic nitrogens is 2. The van der Waals surface area contributed by atoms with Crippen LogP contribution >= 0.6 is 23.2 Å². The van der Waals surface area contributed by atoms with Crippen molar-refractivity contribution < 1.29 is 9.13 Å². The molecule has 0 saturated carbocycles. The molecule has 4 atom stereocenters. The number of benzene rings is 1. The number of fused-ring (bicyclic) bond motifs is 3. The van der Waals surface area contributed by atoms with Crippen LogP contribution < -0.4 is 0 Å². The Morgan fingerprint density at radius 2 is 2.24 bits per heavy atom. The van der Waals surface area contributed by atoms with Crippen molar-refractivity contribution in [2.24, 2.45) is 0 Å². The molecule has 3 heterocycles. The van der Waals surface area contributed by atoms with E-state index in [1.165, 1.54) is 6.07 Å². The maximum Gasteiger partial charge on any atom is 0.144 e. The van der Waals surface area contributed by atoms with Crippen LogP contribution in [0, 0.1) is 5.82 Å². The molecule has 21 heavy (non-hydrogen) atoms. The highest BCUT2D eigenvalue weighted by Gasteiger charge is 2.43. The summed E-state index contributed by atoms with van der Waals surface area (Å²) < 4.78 is 21.9. The molecule has 0 radical (unpaired) electrons. The summed E-state index contributed by atoms with van der Waals surface area (Å²) in [7, 11) is 0. The van der Waals surface area contributed by atoms with Crippen molar-refractivity contribution in [1.29, 1.82) is 0 Å². The van der Waals surface area contributed by atoms with Gasteiger partial charge in [-0.15, -0.1) is 11.6 Å². The quantitative estimate of drug-likeness (QED) is 0.752. The smallest absolute Gasteiger partial charge is 0.144 e. The van der Waals surface area contributed by atoms with Crippen LogP contribution in [0.5, 0.6) is 0 Å². The first-order valence-electron chi connectivity index (χ1n) is 7.21. The number of alkyl halides is 1. The molecular formula is C15H15Cl2FN2O. The lowest BCUT2D eigenvalue weighted by Gasteiger charge is -2.24. The zero-order valence-corrected chi connectivity index (χ0v) is 13.0. The molecule has 2 bridgehead atoms. The van der Waals surface area contributed by atoms with Gasteiger partial charge >= 0.3 is 0 Å². The van der Waals surface area contributed by atoms with E-state index in [1.54, 1.807) is 6.07 Å². The van der Waals surface area contributed by atoms with Crippen molar-refractivity contribution in [1.82, 2.24) is 9.55 Å². The first kappa shape index (κ1) is 13.8. The zero-order chi connectivity index (χ0) is 14.7. The van der Waals surface area contributed by atoms with E-state index in [0.717, 1.165) is 30.6 Å². The van der Waals surface area contributed by atoms with E-state index in [9.17, 15) is 4.39 Å². The maximum atomic E-state index is 13.9. The summed E-state index contributed by atoms with van der Waals surface area (Å²) in [6.07, 6.45) is 3.59. The van der Waals surface area contributed by atoms with E-state index < -0.39 is 5.82 Å². The van der Waals surface area contributed by atoms with Gasteiger partial charge in [0.25, 0.3) is 0 Å². The Kier molecular flexibility index (Phi) is 3.18. The third kappa shape index (κ3) is 2.07. The first-order chi connectivity index (χ1) is 10.0. The molecule has 2 aliphatic rings. The average Bonchev–Trinajstić information content (AvgIpc) is 3.12. The molecular weight excluding hydrogens is 314 g/mol. The standard InChI is InChI=1S/C15H15Cl2FN2O/c1-7(16)15-19-11-5-9(17)10(18)6-12(11)20(15)13-4-8-2-3-14(13)21-8/h5-8,13-14H,2-4H2,1H3. The summed E-state index contributed by atoms with van der Waals surface area (Å²) in [5.41, 5.74) is 1.44. The molecule has 3 nitrogen and oxygen atoms in total. The van der Waals surface area contributed by atoms with Crippen LogP contribution in [0.25, 0.3) is 11.0 Å². The normalized spacial score (nSPS) is 29.4. The monoisotopic (exact) mass is 328 g/mol. The minimum absolute atomic E-state index is 0.0881. The minimum Gasteiger partial charge on any atom is -0.373 e. The fraction of sp³-hybridized carbons (Fsp3) is 0.533. The van der Waals surface area contributed by atoms with Gasteiger partial charge in [-0.05, 0) is 32.3 Å². The molecule has 6 heteroatoms. The van der Waals surface area contributed by atoms with Crippen molar-refractivity contribution >= 4 is 34.2 Å². The Bertz CT molecular complexity index is 715. The van der Waals surface area contributed by atoms with E-state index in [4.69, 9.17) is 27.9 Å². The van der Waals surface area contributed by atoms with Gasteiger partial charge in [0.1, 0.15) is 11.6 Å². The lowest BCUT2D eigenvalue weighted by Crippen LogP contribution is -2.23. The van der Waals surface area contributed by atoms with Gasteiger partial charge < -0.3 is 9.30 Å². The largest absolute Gasteiger partial charge is 0.373 e. The zero-order valence-electron chi connectivity index (χ0n) is 11.5. The summed E-state index contributed by atoms with van der Waals surface area (Å²) in [4.78, 5) is 4.57. The fourth-order valence-electron chi connectivity index (χ4n) is 3.62. The van der Waals surface area contributed by atoms with Crippen molar-refractivity contribution in [3.05, 3.63) is 28.8 Å². The highest BCUT2D eigenvalue weighted by Crippen LogP contribution is 2.44. The van der Waals surface area contributed by atoms with Crippen molar-refractivity contribution in [3.63, 3.8) is 0 Å². The number of imidazole rings is 1. The fourth-order valence-corrected chi connectivity index (χ4v) is 3.93. The van der Waals surface area contributed by atoms with Gasteiger partial charge in [0, 0.05) is 6.07 Å². The highest BCUT2D eigenvalue weighted by molar-refractivity contribution is 6.31. The predicted octanol–water partition coefficient (Wildman–Crippen LogP) is 4.62. The predicted molar refractivity (Wildman–Crippen MR) is 80.5 cm³/mol. The van der Waals surface area contributed by atoms with E-state index in [0.29, 0.717) is 11.6 Å².